The van der Waals surface area contributed by atoms with Crippen LogP contribution in [0, 0.1) is 0 Å². The first-order valence-corrected chi connectivity index (χ1v) is 6.33. The van der Waals surface area contributed by atoms with Crippen LogP contribution in [0.25, 0.3) is 0 Å². The van der Waals surface area contributed by atoms with E-state index in [-0.39, 0.29) is 11.9 Å². The molecule has 2 unspecified atom stereocenters. The lowest BCUT2D eigenvalue weighted by Crippen LogP contribution is -2.41. The predicted molar refractivity (Wildman–Crippen MR) is 70.3 cm³/mol. The number of hydrogen-bond acceptors (Lipinski definition) is 3. The molecule has 1 aromatic carbocycles. The maximum absolute atomic E-state index is 12.0. The summed E-state index contributed by atoms with van der Waals surface area (Å²) in [6.45, 7) is 2.54. The van der Waals surface area contributed by atoms with E-state index in [0.29, 0.717) is 0 Å². The lowest BCUT2D eigenvalue weighted by atomic mass is 10.0. The van der Waals surface area contributed by atoms with Crippen molar-refractivity contribution in [3.8, 4) is 5.75 Å². The van der Waals surface area contributed by atoms with E-state index in [1.165, 1.54) is 0 Å². The molecule has 4 heteroatoms. The molecule has 2 N–H and O–H groups in total. The van der Waals surface area contributed by atoms with Gasteiger partial charge in [-0.25, -0.2) is 0 Å². The van der Waals surface area contributed by atoms with Crippen LogP contribution >= 0.6 is 0 Å². The second-order valence-corrected chi connectivity index (χ2v) is 4.75. The first-order chi connectivity index (χ1) is 8.63. The van der Waals surface area contributed by atoms with Gasteiger partial charge in [-0.2, -0.15) is 0 Å². The van der Waals surface area contributed by atoms with E-state index in [4.69, 9.17) is 10.5 Å². The van der Waals surface area contributed by atoms with Gasteiger partial charge in [0.25, 0.3) is 0 Å². The van der Waals surface area contributed by atoms with Gasteiger partial charge in [0.15, 0.2) is 0 Å². The third-order valence-electron chi connectivity index (χ3n) is 3.43. The number of amides is 1. The van der Waals surface area contributed by atoms with Crippen molar-refractivity contribution >= 4 is 5.91 Å². The molecule has 1 aliphatic heterocycles. The van der Waals surface area contributed by atoms with Crippen LogP contribution in [0.2, 0.25) is 0 Å². The van der Waals surface area contributed by atoms with Crippen LogP contribution in [0.5, 0.6) is 5.75 Å². The van der Waals surface area contributed by atoms with Gasteiger partial charge in [-0.3, -0.25) is 4.79 Å². The van der Waals surface area contributed by atoms with E-state index in [2.05, 4.69) is 0 Å². The Morgan fingerprint density at radius 3 is 2.67 bits per heavy atom. The lowest BCUT2D eigenvalue weighted by Gasteiger charge is -2.26. The number of benzene rings is 1. The summed E-state index contributed by atoms with van der Waals surface area (Å²) < 4.78 is 5.14. The molecule has 2 rings (SSSR count). The van der Waals surface area contributed by atoms with Crippen molar-refractivity contribution in [3.63, 3.8) is 0 Å². The highest BCUT2D eigenvalue weighted by Crippen LogP contribution is 2.32. The highest BCUT2D eigenvalue weighted by molar-refractivity contribution is 5.81. The van der Waals surface area contributed by atoms with Crippen LogP contribution in [0.1, 0.15) is 31.4 Å². The maximum Gasteiger partial charge on any atom is 0.239 e. The monoisotopic (exact) mass is 248 g/mol. The average Bonchev–Trinajstić information content (AvgIpc) is 2.87. The predicted octanol–water partition coefficient (Wildman–Crippen LogP) is 1.71. The van der Waals surface area contributed by atoms with Gasteiger partial charge in [0, 0.05) is 6.54 Å². The van der Waals surface area contributed by atoms with E-state index in [0.717, 1.165) is 30.7 Å². The zero-order valence-corrected chi connectivity index (χ0v) is 10.9. The molecule has 1 fully saturated rings. The SMILES string of the molecule is COc1ccc(C2CCCN2C(=O)C(C)N)cc1. The molecule has 0 aliphatic carbocycles. The zero-order chi connectivity index (χ0) is 13.1. The Morgan fingerprint density at radius 2 is 2.11 bits per heavy atom. The number of rotatable bonds is 3. The van der Waals surface area contributed by atoms with Gasteiger partial charge < -0.3 is 15.4 Å². The topological polar surface area (TPSA) is 55.6 Å². The minimum Gasteiger partial charge on any atom is -0.497 e. The number of nitrogens with two attached hydrogens (primary N) is 1. The molecule has 0 aromatic heterocycles. The number of methoxy groups -OCH3 is 1. The molecule has 0 radical (unpaired) electrons. The van der Waals surface area contributed by atoms with Crippen molar-refractivity contribution in [3.05, 3.63) is 29.8 Å². The van der Waals surface area contributed by atoms with Crippen LogP contribution in [0.3, 0.4) is 0 Å². The molecule has 18 heavy (non-hydrogen) atoms. The molecule has 1 heterocycles. The van der Waals surface area contributed by atoms with Crippen LogP contribution in [-0.2, 0) is 4.79 Å². The van der Waals surface area contributed by atoms with Crippen LogP contribution < -0.4 is 10.5 Å². The second-order valence-electron chi connectivity index (χ2n) is 4.75. The Morgan fingerprint density at radius 1 is 1.44 bits per heavy atom. The standard InChI is InChI=1S/C14H20N2O2/c1-10(15)14(17)16-9-3-4-13(16)11-5-7-12(18-2)8-6-11/h5-8,10,13H,3-4,9,15H2,1-2H3. The van der Waals surface area contributed by atoms with Gasteiger partial charge in [0.1, 0.15) is 5.75 Å². The fraction of sp³-hybridized carbons (Fsp3) is 0.500. The molecule has 0 spiro atoms. The number of nitrogens with zero attached hydrogens (tertiary/aromatic N) is 1. The van der Waals surface area contributed by atoms with Crippen molar-refractivity contribution in [2.45, 2.75) is 31.8 Å². The van der Waals surface area contributed by atoms with Crippen LogP contribution in [-0.4, -0.2) is 30.5 Å². The summed E-state index contributed by atoms with van der Waals surface area (Å²) in [5.74, 6) is 0.870. The van der Waals surface area contributed by atoms with Gasteiger partial charge in [-0.05, 0) is 37.5 Å². The summed E-state index contributed by atoms with van der Waals surface area (Å²) in [5, 5.41) is 0. The van der Waals surface area contributed by atoms with Gasteiger partial charge in [0.05, 0.1) is 19.2 Å². The Balaban J connectivity index is 2.17. The second kappa shape index (κ2) is 5.40. The third kappa shape index (κ3) is 2.48. The van der Waals surface area contributed by atoms with Gasteiger partial charge >= 0.3 is 0 Å². The molecule has 98 valence electrons. The molecule has 0 bridgehead atoms. The molecule has 1 aromatic rings. The molecule has 2 atom stereocenters. The molecule has 4 nitrogen and oxygen atoms in total. The summed E-state index contributed by atoms with van der Waals surface area (Å²) in [6, 6.07) is 7.65. The average molecular weight is 248 g/mol. The number of ether oxygens (including phenoxy) is 1. The molecule has 1 amide bonds. The van der Waals surface area contributed by atoms with Crippen molar-refractivity contribution in [1.29, 1.82) is 0 Å². The third-order valence-corrected chi connectivity index (χ3v) is 3.43. The van der Waals surface area contributed by atoms with Crippen LogP contribution in [0.15, 0.2) is 24.3 Å². The van der Waals surface area contributed by atoms with Crippen molar-refractivity contribution < 1.29 is 9.53 Å². The van der Waals surface area contributed by atoms with Crippen molar-refractivity contribution in [2.24, 2.45) is 5.73 Å². The fourth-order valence-corrected chi connectivity index (χ4v) is 2.46. The normalized spacial score (nSPS) is 20.8. The minimum atomic E-state index is -0.427. The molecule has 1 aliphatic rings. The van der Waals surface area contributed by atoms with E-state index < -0.39 is 6.04 Å². The number of carbonyl (C=O) groups excluding carboxylic acids is 1. The summed E-state index contributed by atoms with van der Waals surface area (Å²) in [4.78, 5) is 13.9. The summed E-state index contributed by atoms with van der Waals surface area (Å²) in [6.07, 6.45) is 2.04. The highest BCUT2D eigenvalue weighted by Gasteiger charge is 2.31. The number of likely N-dealkylation sites (tertiary alicyclic amines) is 1. The highest BCUT2D eigenvalue weighted by atomic mass is 16.5. The quantitative estimate of drug-likeness (QED) is 0.886. The smallest absolute Gasteiger partial charge is 0.239 e. The van der Waals surface area contributed by atoms with Crippen molar-refractivity contribution in [1.82, 2.24) is 4.90 Å². The van der Waals surface area contributed by atoms with Gasteiger partial charge in [-0.1, -0.05) is 12.1 Å². The Labute approximate surface area is 108 Å². The molecular weight excluding hydrogens is 228 g/mol. The fourth-order valence-electron chi connectivity index (χ4n) is 2.46. The van der Waals surface area contributed by atoms with Crippen LogP contribution in [0.4, 0.5) is 0 Å². The Bertz CT molecular complexity index is 414. The molecule has 1 saturated heterocycles. The first kappa shape index (κ1) is 12.9. The van der Waals surface area contributed by atoms with E-state index in [1.54, 1.807) is 14.0 Å². The lowest BCUT2D eigenvalue weighted by molar-refractivity contribution is -0.133. The minimum absolute atomic E-state index is 0.0355. The summed E-state index contributed by atoms with van der Waals surface area (Å²) in [7, 11) is 1.65. The van der Waals surface area contributed by atoms with E-state index in [9.17, 15) is 4.79 Å². The first-order valence-electron chi connectivity index (χ1n) is 6.33. The molecular formula is C14H20N2O2. The maximum atomic E-state index is 12.0. The molecule has 0 saturated carbocycles. The summed E-state index contributed by atoms with van der Waals surface area (Å²) >= 11 is 0. The number of hydrogen-bond donors (Lipinski definition) is 1. The van der Waals surface area contributed by atoms with Gasteiger partial charge in [0.2, 0.25) is 5.91 Å². The number of carbonyl (C=O) groups is 1. The van der Waals surface area contributed by atoms with E-state index in [1.807, 2.05) is 29.2 Å². The Hall–Kier alpha value is -1.55. The van der Waals surface area contributed by atoms with E-state index >= 15 is 0 Å². The van der Waals surface area contributed by atoms with Crippen molar-refractivity contribution in [2.75, 3.05) is 13.7 Å². The zero-order valence-electron chi connectivity index (χ0n) is 10.9. The largest absolute Gasteiger partial charge is 0.497 e. The summed E-state index contributed by atoms with van der Waals surface area (Å²) in [5.41, 5.74) is 6.85. The Kier molecular flexibility index (Phi) is 3.87. The van der Waals surface area contributed by atoms with Gasteiger partial charge in [-0.15, -0.1) is 0 Å².